The molecule has 3 rings (SSSR count). The van der Waals surface area contributed by atoms with Crippen molar-refractivity contribution in [1.29, 1.82) is 0 Å². The first-order valence-corrected chi connectivity index (χ1v) is 7.94. The minimum absolute atomic E-state index is 0.0835. The third-order valence-corrected chi connectivity index (χ3v) is 5.27. The summed E-state index contributed by atoms with van der Waals surface area (Å²) >= 11 is 0. The lowest BCUT2D eigenvalue weighted by Crippen LogP contribution is -2.25. The highest BCUT2D eigenvalue weighted by Gasteiger charge is 2.39. The number of aliphatic hydroxyl groups is 1. The number of rotatable bonds is 4. The Hall–Kier alpha value is -1.54. The standard InChI is InChI=1S/C19H24O2/c1-3-19(10-4-5-11-19)18(20)16-7-6-15-13-17(21-2)9-8-14(15)12-16/h6-9,12-13,18,20H,3-5,10-11H2,1-2H3. The summed E-state index contributed by atoms with van der Waals surface area (Å²) in [5.74, 6) is 0.872. The van der Waals surface area contributed by atoms with E-state index >= 15 is 0 Å². The second kappa shape index (κ2) is 5.69. The Bertz CT molecular complexity index is 626. The monoisotopic (exact) mass is 284 g/mol. The number of hydrogen-bond acceptors (Lipinski definition) is 2. The molecule has 1 unspecified atom stereocenters. The first-order chi connectivity index (χ1) is 10.2. The van der Waals surface area contributed by atoms with E-state index in [0.717, 1.165) is 41.3 Å². The van der Waals surface area contributed by atoms with Crippen LogP contribution in [0.5, 0.6) is 5.75 Å². The van der Waals surface area contributed by atoms with Crippen LogP contribution >= 0.6 is 0 Å². The SMILES string of the molecule is CCC1(C(O)c2ccc3cc(OC)ccc3c2)CCCC1. The quantitative estimate of drug-likeness (QED) is 0.869. The van der Waals surface area contributed by atoms with Gasteiger partial charge in [0.15, 0.2) is 0 Å². The number of hydrogen-bond donors (Lipinski definition) is 1. The van der Waals surface area contributed by atoms with E-state index in [0.29, 0.717) is 0 Å². The zero-order valence-electron chi connectivity index (χ0n) is 12.9. The fourth-order valence-corrected chi connectivity index (χ4v) is 3.79. The van der Waals surface area contributed by atoms with Crippen molar-refractivity contribution in [3.05, 3.63) is 42.0 Å². The smallest absolute Gasteiger partial charge is 0.119 e. The largest absolute Gasteiger partial charge is 0.497 e. The maximum Gasteiger partial charge on any atom is 0.119 e. The molecule has 0 aliphatic heterocycles. The van der Waals surface area contributed by atoms with Gasteiger partial charge in [-0.05, 0) is 53.8 Å². The van der Waals surface area contributed by atoms with Crippen LogP contribution in [-0.2, 0) is 0 Å². The molecule has 2 heteroatoms. The van der Waals surface area contributed by atoms with Crippen molar-refractivity contribution in [2.75, 3.05) is 7.11 Å². The van der Waals surface area contributed by atoms with E-state index < -0.39 is 0 Å². The molecule has 1 saturated carbocycles. The molecular weight excluding hydrogens is 260 g/mol. The van der Waals surface area contributed by atoms with Crippen LogP contribution < -0.4 is 4.74 Å². The number of ether oxygens (including phenoxy) is 1. The summed E-state index contributed by atoms with van der Waals surface area (Å²) in [5.41, 5.74) is 1.14. The summed E-state index contributed by atoms with van der Waals surface area (Å²) in [7, 11) is 1.68. The van der Waals surface area contributed by atoms with Gasteiger partial charge in [-0.15, -0.1) is 0 Å². The van der Waals surface area contributed by atoms with Gasteiger partial charge >= 0.3 is 0 Å². The Morgan fingerprint density at radius 3 is 2.43 bits per heavy atom. The number of fused-ring (bicyclic) bond motifs is 1. The average molecular weight is 284 g/mol. The van der Waals surface area contributed by atoms with Crippen LogP contribution in [0.15, 0.2) is 36.4 Å². The highest BCUT2D eigenvalue weighted by Crippen LogP contribution is 2.50. The molecule has 1 fully saturated rings. The van der Waals surface area contributed by atoms with Crippen LogP contribution in [0, 0.1) is 5.41 Å². The number of benzene rings is 2. The van der Waals surface area contributed by atoms with Crippen molar-refractivity contribution < 1.29 is 9.84 Å². The molecule has 1 N–H and O–H groups in total. The van der Waals surface area contributed by atoms with Gasteiger partial charge in [0.2, 0.25) is 0 Å². The van der Waals surface area contributed by atoms with Gasteiger partial charge in [0.1, 0.15) is 5.75 Å². The van der Waals surface area contributed by atoms with E-state index in [1.807, 2.05) is 12.1 Å². The lowest BCUT2D eigenvalue weighted by molar-refractivity contribution is 0.0239. The van der Waals surface area contributed by atoms with Gasteiger partial charge in [-0.2, -0.15) is 0 Å². The summed E-state index contributed by atoms with van der Waals surface area (Å²) in [5, 5.41) is 13.2. The van der Waals surface area contributed by atoms with Gasteiger partial charge in [-0.25, -0.2) is 0 Å². The normalized spacial score (nSPS) is 18.8. The van der Waals surface area contributed by atoms with Crippen LogP contribution in [0.2, 0.25) is 0 Å². The molecule has 0 bridgehead atoms. The van der Waals surface area contributed by atoms with Crippen molar-refractivity contribution in [1.82, 2.24) is 0 Å². The topological polar surface area (TPSA) is 29.5 Å². The van der Waals surface area contributed by atoms with Gasteiger partial charge in [-0.1, -0.05) is 38.0 Å². The third kappa shape index (κ3) is 2.53. The second-order valence-electron chi connectivity index (χ2n) is 6.30. The van der Waals surface area contributed by atoms with Crippen molar-refractivity contribution in [3.8, 4) is 5.75 Å². The van der Waals surface area contributed by atoms with Crippen molar-refractivity contribution in [2.45, 2.75) is 45.1 Å². The van der Waals surface area contributed by atoms with Crippen LogP contribution in [-0.4, -0.2) is 12.2 Å². The summed E-state index contributed by atoms with van der Waals surface area (Å²) in [6.45, 7) is 2.21. The van der Waals surface area contributed by atoms with E-state index in [1.54, 1.807) is 7.11 Å². The van der Waals surface area contributed by atoms with Crippen LogP contribution in [0.25, 0.3) is 10.8 Å². The van der Waals surface area contributed by atoms with E-state index in [1.165, 1.54) is 12.8 Å². The summed E-state index contributed by atoms with van der Waals surface area (Å²) in [6, 6.07) is 12.4. The molecular formula is C19H24O2. The van der Waals surface area contributed by atoms with Crippen molar-refractivity contribution >= 4 is 10.8 Å². The van der Waals surface area contributed by atoms with Crippen molar-refractivity contribution in [2.24, 2.45) is 5.41 Å². The fourth-order valence-electron chi connectivity index (χ4n) is 3.79. The molecule has 2 aromatic rings. The fraction of sp³-hybridized carbons (Fsp3) is 0.474. The highest BCUT2D eigenvalue weighted by molar-refractivity contribution is 5.84. The maximum absolute atomic E-state index is 10.9. The van der Waals surface area contributed by atoms with Crippen LogP contribution in [0.4, 0.5) is 0 Å². The number of aliphatic hydroxyl groups excluding tert-OH is 1. The maximum atomic E-state index is 10.9. The minimum atomic E-state index is -0.350. The molecule has 0 saturated heterocycles. The first kappa shape index (κ1) is 14.4. The van der Waals surface area contributed by atoms with E-state index in [-0.39, 0.29) is 11.5 Å². The molecule has 0 spiro atoms. The molecule has 1 aliphatic rings. The molecule has 0 aromatic heterocycles. The predicted octanol–water partition coefficient (Wildman–Crippen LogP) is 4.85. The molecule has 112 valence electrons. The molecule has 2 nitrogen and oxygen atoms in total. The second-order valence-corrected chi connectivity index (χ2v) is 6.30. The Kier molecular flexibility index (Phi) is 3.90. The summed E-state index contributed by atoms with van der Waals surface area (Å²) < 4.78 is 5.27. The zero-order chi connectivity index (χ0) is 14.9. The Morgan fingerprint density at radius 2 is 1.76 bits per heavy atom. The molecule has 1 atom stereocenters. The van der Waals surface area contributed by atoms with Gasteiger partial charge in [0, 0.05) is 5.41 Å². The predicted molar refractivity (Wildman–Crippen MR) is 86.7 cm³/mol. The van der Waals surface area contributed by atoms with E-state index in [9.17, 15) is 5.11 Å². The van der Waals surface area contributed by atoms with Gasteiger partial charge in [0.05, 0.1) is 13.2 Å². The lowest BCUT2D eigenvalue weighted by atomic mass is 9.75. The molecule has 1 aliphatic carbocycles. The highest BCUT2D eigenvalue weighted by atomic mass is 16.5. The van der Waals surface area contributed by atoms with Crippen LogP contribution in [0.1, 0.15) is 50.7 Å². The van der Waals surface area contributed by atoms with Gasteiger partial charge < -0.3 is 9.84 Å². The first-order valence-electron chi connectivity index (χ1n) is 7.94. The lowest BCUT2D eigenvalue weighted by Gasteiger charge is -2.33. The molecule has 0 heterocycles. The van der Waals surface area contributed by atoms with Crippen molar-refractivity contribution in [3.63, 3.8) is 0 Å². The zero-order valence-corrected chi connectivity index (χ0v) is 12.9. The number of methoxy groups -OCH3 is 1. The molecule has 2 aromatic carbocycles. The Morgan fingerprint density at radius 1 is 1.10 bits per heavy atom. The Balaban J connectivity index is 1.96. The molecule has 21 heavy (non-hydrogen) atoms. The third-order valence-electron chi connectivity index (χ3n) is 5.27. The van der Waals surface area contributed by atoms with E-state index in [2.05, 4.69) is 31.2 Å². The Labute approximate surface area is 126 Å². The van der Waals surface area contributed by atoms with Crippen LogP contribution in [0.3, 0.4) is 0 Å². The summed E-state index contributed by atoms with van der Waals surface area (Å²) in [6.07, 6.45) is 5.48. The summed E-state index contributed by atoms with van der Waals surface area (Å²) in [4.78, 5) is 0. The average Bonchev–Trinajstić information content (AvgIpc) is 3.03. The molecule has 0 radical (unpaired) electrons. The van der Waals surface area contributed by atoms with Gasteiger partial charge in [-0.3, -0.25) is 0 Å². The molecule has 0 amide bonds. The minimum Gasteiger partial charge on any atom is -0.497 e. The van der Waals surface area contributed by atoms with E-state index in [4.69, 9.17) is 4.74 Å². The van der Waals surface area contributed by atoms with Gasteiger partial charge in [0.25, 0.3) is 0 Å².